The van der Waals surface area contributed by atoms with Gasteiger partial charge in [-0.15, -0.1) is 0 Å². The highest BCUT2D eigenvalue weighted by molar-refractivity contribution is 5.77. The Labute approximate surface area is 164 Å². The van der Waals surface area contributed by atoms with Crippen molar-refractivity contribution in [2.24, 2.45) is 5.92 Å². The minimum absolute atomic E-state index is 0.0950. The summed E-state index contributed by atoms with van der Waals surface area (Å²) < 4.78 is 7.40. The van der Waals surface area contributed by atoms with Crippen molar-refractivity contribution in [3.8, 4) is 0 Å². The second-order valence-corrected chi connectivity index (χ2v) is 8.67. The van der Waals surface area contributed by atoms with E-state index in [1.165, 1.54) is 25.8 Å². The van der Waals surface area contributed by atoms with Crippen LogP contribution in [0.2, 0.25) is 0 Å². The number of hydrogen-bond acceptors (Lipinski definition) is 6. The summed E-state index contributed by atoms with van der Waals surface area (Å²) in [5.41, 5.74) is 1.95. The van der Waals surface area contributed by atoms with Gasteiger partial charge in [-0.2, -0.15) is 10.1 Å². The molecule has 1 atom stereocenters. The summed E-state index contributed by atoms with van der Waals surface area (Å²) in [5.74, 6) is 2.66. The number of likely N-dealkylation sites (tertiary alicyclic amines) is 2. The predicted molar refractivity (Wildman–Crippen MR) is 102 cm³/mol. The first-order valence-corrected chi connectivity index (χ1v) is 10.4. The van der Waals surface area contributed by atoms with Crippen molar-refractivity contribution < 1.29 is 9.32 Å². The van der Waals surface area contributed by atoms with Gasteiger partial charge in [-0.25, -0.2) is 0 Å². The molecular formula is C20H28N6O2. The molecule has 2 aliphatic heterocycles. The number of carbonyl (C=O) groups is 1. The van der Waals surface area contributed by atoms with Crippen LogP contribution in [0.4, 0.5) is 0 Å². The Kier molecular flexibility index (Phi) is 4.45. The van der Waals surface area contributed by atoms with Crippen LogP contribution in [0.25, 0.3) is 0 Å². The molecule has 0 bridgehead atoms. The monoisotopic (exact) mass is 384 g/mol. The Hall–Kier alpha value is -2.22. The fraction of sp³-hybridized carbons (Fsp3) is 0.700. The van der Waals surface area contributed by atoms with E-state index in [1.54, 1.807) is 4.68 Å². The fourth-order valence-electron chi connectivity index (χ4n) is 4.41. The number of carbonyl (C=O) groups excluding carboxylic acids is 1. The van der Waals surface area contributed by atoms with E-state index in [1.807, 2.05) is 24.8 Å². The van der Waals surface area contributed by atoms with E-state index in [-0.39, 0.29) is 17.9 Å². The lowest BCUT2D eigenvalue weighted by Gasteiger charge is -2.37. The summed E-state index contributed by atoms with van der Waals surface area (Å²) in [7, 11) is 0. The van der Waals surface area contributed by atoms with Gasteiger partial charge in [0.05, 0.1) is 17.7 Å². The maximum Gasteiger partial charge on any atom is 0.244 e. The van der Waals surface area contributed by atoms with E-state index in [9.17, 15) is 4.79 Å². The van der Waals surface area contributed by atoms with Crippen molar-refractivity contribution in [2.75, 3.05) is 26.2 Å². The lowest BCUT2D eigenvalue weighted by molar-refractivity contribution is -0.136. The molecule has 2 aromatic heterocycles. The maximum atomic E-state index is 12.5. The van der Waals surface area contributed by atoms with Gasteiger partial charge < -0.3 is 9.42 Å². The lowest BCUT2D eigenvalue weighted by Crippen LogP contribution is -2.50. The molecule has 8 nitrogen and oxygen atoms in total. The second-order valence-electron chi connectivity index (χ2n) is 8.67. The first-order valence-electron chi connectivity index (χ1n) is 10.4. The maximum absolute atomic E-state index is 12.5. The number of nitrogens with zero attached hydrogens (tertiary/aromatic N) is 6. The molecular weight excluding hydrogens is 356 g/mol. The molecule has 0 spiro atoms. The molecule has 1 amide bonds. The molecule has 150 valence electrons. The fourth-order valence-corrected chi connectivity index (χ4v) is 4.41. The zero-order valence-electron chi connectivity index (χ0n) is 16.7. The Morgan fingerprint density at radius 3 is 2.79 bits per heavy atom. The van der Waals surface area contributed by atoms with Crippen LogP contribution in [0.1, 0.15) is 60.7 Å². The lowest BCUT2D eigenvalue weighted by atomic mass is 9.99. The first kappa shape index (κ1) is 17.8. The van der Waals surface area contributed by atoms with E-state index in [2.05, 4.69) is 15.2 Å². The molecule has 3 aliphatic rings. The van der Waals surface area contributed by atoms with Crippen LogP contribution in [0.3, 0.4) is 0 Å². The van der Waals surface area contributed by atoms with Crippen molar-refractivity contribution >= 4 is 5.91 Å². The van der Waals surface area contributed by atoms with Gasteiger partial charge >= 0.3 is 0 Å². The Morgan fingerprint density at radius 2 is 2.07 bits per heavy atom. The van der Waals surface area contributed by atoms with Gasteiger partial charge in [0.1, 0.15) is 6.54 Å². The highest BCUT2D eigenvalue weighted by Crippen LogP contribution is 2.37. The van der Waals surface area contributed by atoms with Crippen LogP contribution >= 0.6 is 0 Å². The van der Waals surface area contributed by atoms with E-state index in [0.29, 0.717) is 19.6 Å². The third-order valence-electron chi connectivity index (χ3n) is 6.28. The second kappa shape index (κ2) is 6.99. The topological polar surface area (TPSA) is 80.3 Å². The van der Waals surface area contributed by atoms with Crippen LogP contribution in [-0.4, -0.2) is 61.8 Å². The largest absolute Gasteiger partial charge is 0.339 e. The Balaban J connectivity index is 1.16. The molecule has 0 radical (unpaired) electrons. The third kappa shape index (κ3) is 3.45. The van der Waals surface area contributed by atoms with Crippen molar-refractivity contribution in [1.82, 2.24) is 29.7 Å². The van der Waals surface area contributed by atoms with E-state index in [4.69, 9.17) is 9.51 Å². The Bertz CT molecular complexity index is 864. The highest BCUT2D eigenvalue weighted by atomic mass is 16.5. The average Bonchev–Trinajstić information content (AvgIpc) is 2.98. The van der Waals surface area contributed by atoms with Gasteiger partial charge in [0.25, 0.3) is 0 Å². The molecule has 2 aromatic rings. The molecule has 1 unspecified atom stereocenters. The van der Waals surface area contributed by atoms with Gasteiger partial charge in [0, 0.05) is 25.3 Å². The number of aromatic nitrogens is 4. The molecule has 0 aromatic carbocycles. The van der Waals surface area contributed by atoms with Gasteiger partial charge in [0.2, 0.25) is 11.8 Å². The van der Waals surface area contributed by atoms with Crippen LogP contribution < -0.4 is 0 Å². The SMILES string of the molecule is Cc1cc(C)n(CC(=O)N2CC(c3noc(C4CCCN4CC4CC4)n3)C2)n1. The van der Waals surface area contributed by atoms with Crippen LogP contribution in [0, 0.1) is 19.8 Å². The predicted octanol–water partition coefficient (Wildman–Crippen LogP) is 2.06. The van der Waals surface area contributed by atoms with Gasteiger partial charge in [0.15, 0.2) is 5.82 Å². The van der Waals surface area contributed by atoms with Crippen LogP contribution in [0.15, 0.2) is 10.6 Å². The number of rotatable bonds is 6. The Morgan fingerprint density at radius 1 is 1.25 bits per heavy atom. The molecule has 4 heterocycles. The molecule has 2 saturated heterocycles. The molecule has 5 rings (SSSR count). The average molecular weight is 384 g/mol. The third-order valence-corrected chi connectivity index (χ3v) is 6.28. The molecule has 0 N–H and O–H groups in total. The number of amides is 1. The van der Waals surface area contributed by atoms with E-state index < -0.39 is 0 Å². The molecule has 1 aliphatic carbocycles. The van der Waals surface area contributed by atoms with Crippen LogP contribution in [-0.2, 0) is 11.3 Å². The zero-order valence-corrected chi connectivity index (χ0v) is 16.7. The zero-order chi connectivity index (χ0) is 19.3. The molecule has 8 heteroatoms. The minimum Gasteiger partial charge on any atom is -0.339 e. The van der Waals surface area contributed by atoms with Crippen molar-refractivity contribution in [3.63, 3.8) is 0 Å². The highest BCUT2D eigenvalue weighted by Gasteiger charge is 2.38. The standard InChI is InChI=1S/C20H28N6O2/c1-13-8-14(2)26(22-13)12-18(27)25-10-16(11-25)19-21-20(28-23-19)17-4-3-7-24(17)9-15-5-6-15/h8,15-17H,3-7,9-12H2,1-2H3. The first-order chi connectivity index (χ1) is 13.6. The van der Waals surface area contributed by atoms with Crippen molar-refractivity contribution in [2.45, 2.75) is 58.0 Å². The quantitative estimate of drug-likeness (QED) is 0.758. The summed E-state index contributed by atoms with van der Waals surface area (Å²) in [6.45, 7) is 7.83. The summed E-state index contributed by atoms with van der Waals surface area (Å²) >= 11 is 0. The summed E-state index contributed by atoms with van der Waals surface area (Å²) in [4.78, 5) is 21.6. The number of aryl methyl sites for hydroxylation is 2. The molecule has 28 heavy (non-hydrogen) atoms. The van der Waals surface area contributed by atoms with Crippen molar-refractivity contribution in [1.29, 1.82) is 0 Å². The summed E-state index contributed by atoms with van der Waals surface area (Å²) in [6.07, 6.45) is 5.03. The van der Waals surface area contributed by atoms with Crippen LogP contribution in [0.5, 0.6) is 0 Å². The van der Waals surface area contributed by atoms with Crippen molar-refractivity contribution in [3.05, 3.63) is 29.2 Å². The van der Waals surface area contributed by atoms with E-state index >= 15 is 0 Å². The smallest absolute Gasteiger partial charge is 0.244 e. The van der Waals surface area contributed by atoms with Gasteiger partial charge in [-0.1, -0.05) is 5.16 Å². The molecule has 3 fully saturated rings. The summed E-state index contributed by atoms with van der Waals surface area (Å²) in [5, 5.41) is 8.61. The normalized spacial score (nSPS) is 23.4. The number of hydrogen-bond donors (Lipinski definition) is 0. The van der Waals surface area contributed by atoms with E-state index in [0.717, 1.165) is 42.0 Å². The van der Waals surface area contributed by atoms with Gasteiger partial charge in [-0.05, 0) is 58.1 Å². The van der Waals surface area contributed by atoms with Gasteiger partial charge in [-0.3, -0.25) is 14.4 Å². The molecule has 1 saturated carbocycles. The summed E-state index contributed by atoms with van der Waals surface area (Å²) in [6, 6.07) is 2.27. The minimum atomic E-state index is 0.0950.